The molecule has 6 heteroatoms. The molecule has 2 atom stereocenters. The predicted octanol–water partition coefficient (Wildman–Crippen LogP) is 3.28. The van der Waals surface area contributed by atoms with E-state index in [1.54, 1.807) is 0 Å². The fourth-order valence-electron chi connectivity index (χ4n) is 2.64. The molecule has 2 aromatic carbocycles. The van der Waals surface area contributed by atoms with Gasteiger partial charge in [0.1, 0.15) is 5.25 Å². The molecule has 2 N–H and O–H groups in total. The third-order valence-electron chi connectivity index (χ3n) is 3.89. The Kier molecular flexibility index (Phi) is 5.48. The Bertz CT molecular complexity index is 705. The van der Waals surface area contributed by atoms with Crippen LogP contribution in [0.15, 0.2) is 53.4 Å². The van der Waals surface area contributed by atoms with Crippen molar-refractivity contribution >= 4 is 17.7 Å². The summed E-state index contributed by atoms with van der Waals surface area (Å²) in [5.74, 6) is -1.92. The van der Waals surface area contributed by atoms with Crippen molar-refractivity contribution in [2.24, 2.45) is 0 Å². The molecule has 1 heterocycles. The van der Waals surface area contributed by atoms with Crippen molar-refractivity contribution < 1.29 is 13.6 Å². The average molecular weight is 348 g/mol. The maximum Gasteiger partial charge on any atom is 0.238 e. The monoisotopic (exact) mass is 348 g/mol. The summed E-state index contributed by atoms with van der Waals surface area (Å²) in [6.07, 6.45) is 0.892. The van der Waals surface area contributed by atoms with Crippen LogP contribution in [-0.4, -0.2) is 25.0 Å². The van der Waals surface area contributed by atoms with Gasteiger partial charge in [-0.2, -0.15) is 0 Å². The summed E-state index contributed by atoms with van der Waals surface area (Å²) in [7, 11) is 0. The van der Waals surface area contributed by atoms with Crippen molar-refractivity contribution in [3.8, 4) is 0 Å². The van der Waals surface area contributed by atoms with Gasteiger partial charge < -0.3 is 10.6 Å². The molecule has 3 rings (SSSR count). The van der Waals surface area contributed by atoms with E-state index in [4.69, 9.17) is 0 Å². The number of carbonyl (C=O) groups is 1. The van der Waals surface area contributed by atoms with E-state index in [-0.39, 0.29) is 11.9 Å². The highest BCUT2D eigenvalue weighted by Gasteiger charge is 2.26. The van der Waals surface area contributed by atoms with Gasteiger partial charge in [0.05, 0.1) is 0 Å². The second-order valence-electron chi connectivity index (χ2n) is 5.68. The number of thioether (sulfide) groups is 1. The minimum absolute atomic E-state index is 0.106. The largest absolute Gasteiger partial charge is 0.351 e. The van der Waals surface area contributed by atoms with Crippen LogP contribution in [0.3, 0.4) is 0 Å². The lowest BCUT2D eigenvalue weighted by Gasteiger charge is -2.20. The van der Waals surface area contributed by atoms with Crippen LogP contribution in [0.25, 0.3) is 0 Å². The van der Waals surface area contributed by atoms with Crippen molar-refractivity contribution in [2.45, 2.75) is 22.6 Å². The van der Waals surface area contributed by atoms with Crippen LogP contribution in [0.5, 0.6) is 0 Å². The standard InChI is InChI=1S/C18H18F2N2OS/c19-15-7-6-14(10-16(15)20)24-17(12-4-2-1-3-5-12)18(23)22-13-8-9-21-11-13/h1-7,10,13,17,21H,8-9,11H2,(H,22,23). The highest BCUT2D eigenvalue weighted by Crippen LogP contribution is 2.36. The molecule has 126 valence electrons. The molecular formula is C18H18F2N2OS. The molecule has 0 radical (unpaired) electrons. The van der Waals surface area contributed by atoms with Gasteiger partial charge in [-0.1, -0.05) is 30.3 Å². The first-order chi connectivity index (χ1) is 11.6. The number of carbonyl (C=O) groups excluding carboxylic acids is 1. The Morgan fingerprint density at radius 3 is 2.62 bits per heavy atom. The molecule has 0 saturated carbocycles. The lowest BCUT2D eigenvalue weighted by Crippen LogP contribution is -2.38. The molecule has 0 aliphatic carbocycles. The van der Waals surface area contributed by atoms with Crippen molar-refractivity contribution in [2.75, 3.05) is 13.1 Å². The molecule has 0 aromatic heterocycles. The number of nitrogens with one attached hydrogen (secondary N) is 2. The Labute approximate surface area is 143 Å². The Balaban J connectivity index is 1.81. The van der Waals surface area contributed by atoms with Gasteiger partial charge in [-0.15, -0.1) is 11.8 Å². The third-order valence-corrected chi connectivity index (χ3v) is 5.14. The maximum atomic E-state index is 13.5. The smallest absolute Gasteiger partial charge is 0.238 e. The molecule has 2 unspecified atom stereocenters. The lowest BCUT2D eigenvalue weighted by molar-refractivity contribution is -0.121. The molecule has 24 heavy (non-hydrogen) atoms. The first kappa shape index (κ1) is 16.9. The summed E-state index contributed by atoms with van der Waals surface area (Å²) >= 11 is 1.22. The predicted molar refractivity (Wildman–Crippen MR) is 90.8 cm³/mol. The van der Waals surface area contributed by atoms with Crippen molar-refractivity contribution in [3.63, 3.8) is 0 Å². The topological polar surface area (TPSA) is 41.1 Å². The molecule has 2 aromatic rings. The molecular weight excluding hydrogens is 330 g/mol. The van der Waals surface area contributed by atoms with Gasteiger partial charge in [0, 0.05) is 17.5 Å². The second kappa shape index (κ2) is 7.77. The van der Waals surface area contributed by atoms with Crippen LogP contribution in [0.2, 0.25) is 0 Å². The van der Waals surface area contributed by atoms with Crippen LogP contribution >= 0.6 is 11.8 Å². The number of hydrogen-bond donors (Lipinski definition) is 2. The van der Waals surface area contributed by atoms with Crippen molar-refractivity contribution in [1.82, 2.24) is 10.6 Å². The van der Waals surface area contributed by atoms with E-state index >= 15 is 0 Å². The highest BCUT2D eigenvalue weighted by molar-refractivity contribution is 8.00. The van der Waals surface area contributed by atoms with Crippen LogP contribution in [0.1, 0.15) is 17.2 Å². The molecule has 1 aliphatic rings. The van der Waals surface area contributed by atoms with Gasteiger partial charge in [0.25, 0.3) is 0 Å². The Hall–Kier alpha value is -1.92. The summed E-state index contributed by atoms with van der Waals surface area (Å²) in [5.41, 5.74) is 0.829. The number of halogens is 2. The molecule has 0 bridgehead atoms. The van der Waals surface area contributed by atoms with E-state index in [1.807, 2.05) is 30.3 Å². The zero-order chi connectivity index (χ0) is 16.9. The van der Waals surface area contributed by atoms with Gasteiger partial charge in [-0.25, -0.2) is 8.78 Å². The first-order valence-electron chi connectivity index (χ1n) is 7.81. The van der Waals surface area contributed by atoms with E-state index < -0.39 is 16.9 Å². The fraction of sp³-hybridized carbons (Fsp3) is 0.278. The number of hydrogen-bond acceptors (Lipinski definition) is 3. The van der Waals surface area contributed by atoms with E-state index in [2.05, 4.69) is 10.6 Å². The zero-order valence-corrected chi connectivity index (χ0v) is 13.8. The number of amides is 1. The SMILES string of the molecule is O=C(NC1CCNC1)C(Sc1ccc(F)c(F)c1)c1ccccc1. The molecule has 1 amide bonds. The number of rotatable bonds is 5. The van der Waals surface area contributed by atoms with E-state index in [0.29, 0.717) is 4.90 Å². The van der Waals surface area contributed by atoms with Crippen LogP contribution < -0.4 is 10.6 Å². The van der Waals surface area contributed by atoms with Gasteiger partial charge >= 0.3 is 0 Å². The summed E-state index contributed by atoms with van der Waals surface area (Å²) in [5, 5.41) is 5.72. The summed E-state index contributed by atoms with van der Waals surface area (Å²) < 4.78 is 26.6. The number of benzene rings is 2. The summed E-state index contributed by atoms with van der Waals surface area (Å²) in [4.78, 5) is 13.2. The third kappa shape index (κ3) is 4.13. The van der Waals surface area contributed by atoms with E-state index in [1.165, 1.54) is 17.8 Å². The fourth-order valence-corrected chi connectivity index (χ4v) is 3.70. The average Bonchev–Trinajstić information content (AvgIpc) is 3.09. The molecule has 1 saturated heterocycles. The van der Waals surface area contributed by atoms with Crippen LogP contribution in [0.4, 0.5) is 8.78 Å². The Morgan fingerprint density at radius 1 is 1.17 bits per heavy atom. The molecule has 1 aliphatic heterocycles. The van der Waals surface area contributed by atoms with Crippen LogP contribution in [0, 0.1) is 11.6 Å². The Morgan fingerprint density at radius 2 is 1.96 bits per heavy atom. The van der Waals surface area contributed by atoms with E-state index in [0.717, 1.165) is 37.2 Å². The quantitative estimate of drug-likeness (QED) is 0.815. The second-order valence-corrected chi connectivity index (χ2v) is 6.86. The highest BCUT2D eigenvalue weighted by atomic mass is 32.2. The minimum Gasteiger partial charge on any atom is -0.351 e. The lowest BCUT2D eigenvalue weighted by atomic mass is 10.1. The van der Waals surface area contributed by atoms with Gasteiger partial charge in [0.2, 0.25) is 5.91 Å². The normalized spacial score (nSPS) is 18.3. The zero-order valence-electron chi connectivity index (χ0n) is 13.0. The van der Waals surface area contributed by atoms with Gasteiger partial charge in [-0.05, 0) is 36.7 Å². The summed E-state index contributed by atoms with van der Waals surface area (Å²) in [6, 6.07) is 13.1. The van der Waals surface area contributed by atoms with Crippen molar-refractivity contribution in [3.05, 3.63) is 65.7 Å². The van der Waals surface area contributed by atoms with Gasteiger partial charge in [0.15, 0.2) is 11.6 Å². The first-order valence-corrected chi connectivity index (χ1v) is 8.69. The van der Waals surface area contributed by atoms with Crippen molar-refractivity contribution in [1.29, 1.82) is 0 Å². The maximum absolute atomic E-state index is 13.5. The molecule has 1 fully saturated rings. The van der Waals surface area contributed by atoms with Crippen LogP contribution in [-0.2, 0) is 4.79 Å². The molecule has 3 nitrogen and oxygen atoms in total. The molecule has 0 spiro atoms. The van der Waals surface area contributed by atoms with E-state index in [9.17, 15) is 13.6 Å². The minimum atomic E-state index is -0.910. The van der Waals surface area contributed by atoms with Gasteiger partial charge in [-0.3, -0.25) is 4.79 Å². The summed E-state index contributed by atoms with van der Waals surface area (Å²) in [6.45, 7) is 1.64.